The van der Waals surface area contributed by atoms with Crippen molar-refractivity contribution in [3.8, 4) is 5.75 Å². The van der Waals surface area contributed by atoms with Crippen LogP contribution in [0.25, 0.3) is 16.6 Å². The number of likely N-dealkylation sites (N-methyl/N-ethyl adjacent to an activating group) is 2. The summed E-state index contributed by atoms with van der Waals surface area (Å²) in [7, 11) is 4.21. The number of rotatable bonds is 7. The first-order chi connectivity index (χ1) is 21.4. The Kier molecular flexibility index (Phi) is 7.82. The van der Waals surface area contributed by atoms with Crippen molar-refractivity contribution in [2.75, 3.05) is 57.2 Å². The predicted molar refractivity (Wildman–Crippen MR) is 175 cm³/mol. The Morgan fingerprint density at radius 1 is 1.05 bits per heavy atom. The van der Waals surface area contributed by atoms with E-state index in [4.69, 9.17) is 14.5 Å². The Balaban J connectivity index is 1.23. The van der Waals surface area contributed by atoms with Gasteiger partial charge in [0.05, 0.1) is 6.04 Å². The third-order valence-corrected chi connectivity index (χ3v) is 9.30. The molecule has 0 amide bonds. The monoisotopic (exact) mass is 592 g/mol. The van der Waals surface area contributed by atoms with Gasteiger partial charge >= 0.3 is 0 Å². The smallest absolute Gasteiger partial charge is 0.260 e. The molecule has 4 aromatic rings. The molecule has 2 aromatic heterocycles. The molecule has 44 heavy (non-hydrogen) atoms. The minimum atomic E-state index is -0.0962. The van der Waals surface area contributed by atoms with Crippen LogP contribution in [0.15, 0.2) is 72.2 Å². The van der Waals surface area contributed by atoms with Crippen LogP contribution >= 0.6 is 0 Å². The molecule has 0 spiro atoms. The number of aromatic nitrogens is 3. The SMILES string of the molecule is C=C(c1cc2cnc(Nc3ccc(OC4CCN(C)C4)cc3)nc2n(C2Cc3ccccc3N(C)C2)c1=O)C1CCOCC1. The molecular weight excluding hydrogens is 552 g/mol. The van der Waals surface area contributed by atoms with Gasteiger partial charge in [-0.3, -0.25) is 9.36 Å². The third-order valence-electron chi connectivity index (χ3n) is 9.30. The fraction of sp³-hybridized carbons (Fsp3) is 0.400. The Hall–Kier alpha value is -4.21. The third kappa shape index (κ3) is 5.69. The molecule has 9 nitrogen and oxygen atoms in total. The molecule has 228 valence electrons. The van der Waals surface area contributed by atoms with Crippen molar-refractivity contribution in [3.05, 3.63) is 88.9 Å². The number of hydrogen-bond acceptors (Lipinski definition) is 8. The second-order valence-electron chi connectivity index (χ2n) is 12.4. The van der Waals surface area contributed by atoms with E-state index in [2.05, 4.69) is 65.0 Å². The predicted octanol–water partition coefficient (Wildman–Crippen LogP) is 5.29. The van der Waals surface area contributed by atoms with Crippen LogP contribution in [-0.2, 0) is 11.2 Å². The van der Waals surface area contributed by atoms with Gasteiger partial charge in [0, 0.05) is 68.4 Å². The van der Waals surface area contributed by atoms with E-state index >= 15 is 0 Å². The molecule has 0 saturated carbocycles. The van der Waals surface area contributed by atoms with E-state index in [9.17, 15) is 4.79 Å². The molecule has 3 aliphatic rings. The molecule has 2 fully saturated rings. The lowest BCUT2D eigenvalue weighted by Crippen LogP contribution is -2.39. The number of likely N-dealkylation sites (tertiary alicyclic amines) is 1. The first-order valence-corrected chi connectivity index (χ1v) is 15.6. The lowest BCUT2D eigenvalue weighted by atomic mass is 9.88. The standard InChI is InChI=1S/C35H40N6O3/c1-23(24-13-16-43-17-14-24)31-19-26-20-36-35(37-27-8-10-29(11-9-27)44-30-12-15-39(2)22-30)38-33(26)41(34(31)42)28-18-25-6-4-5-7-32(25)40(3)21-28/h4-11,19-20,24,28,30H,1,12-18,21-22H2,2-3H3,(H,36,37,38). The number of allylic oxidation sites excluding steroid dienone is 1. The maximum absolute atomic E-state index is 14.4. The van der Waals surface area contributed by atoms with Crippen molar-refractivity contribution < 1.29 is 9.47 Å². The zero-order valence-electron chi connectivity index (χ0n) is 25.5. The zero-order chi connectivity index (χ0) is 30.2. The normalized spacial score (nSPS) is 20.9. The van der Waals surface area contributed by atoms with Gasteiger partial charge in [0.25, 0.3) is 5.56 Å². The number of ether oxygens (including phenoxy) is 2. The molecular formula is C35H40N6O3. The van der Waals surface area contributed by atoms with Crippen molar-refractivity contribution >= 4 is 33.9 Å². The van der Waals surface area contributed by atoms with Crippen LogP contribution in [0.5, 0.6) is 5.75 Å². The molecule has 2 saturated heterocycles. The number of nitrogens with zero attached hydrogens (tertiary/aromatic N) is 5. The summed E-state index contributed by atoms with van der Waals surface area (Å²) in [6.07, 6.45) is 5.56. The summed E-state index contributed by atoms with van der Waals surface area (Å²) in [5.41, 5.74) is 5.39. The van der Waals surface area contributed by atoms with Crippen LogP contribution in [-0.4, -0.2) is 72.5 Å². The van der Waals surface area contributed by atoms with Crippen LogP contribution in [0, 0.1) is 5.92 Å². The largest absolute Gasteiger partial charge is 0.489 e. The van der Waals surface area contributed by atoms with Gasteiger partial charge in [0.15, 0.2) is 0 Å². The summed E-state index contributed by atoms with van der Waals surface area (Å²) < 4.78 is 13.6. The maximum atomic E-state index is 14.4. The highest BCUT2D eigenvalue weighted by Crippen LogP contribution is 2.34. The highest BCUT2D eigenvalue weighted by Gasteiger charge is 2.29. The number of anilines is 3. The Morgan fingerprint density at radius 3 is 2.61 bits per heavy atom. The van der Waals surface area contributed by atoms with Crippen molar-refractivity contribution in [3.63, 3.8) is 0 Å². The summed E-state index contributed by atoms with van der Waals surface area (Å²) >= 11 is 0. The van der Waals surface area contributed by atoms with Crippen LogP contribution in [0.3, 0.4) is 0 Å². The molecule has 3 aliphatic heterocycles. The van der Waals surface area contributed by atoms with E-state index in [1.165, 1.54) is 11.3 Å². The highest BCUT2D eigenvalue weighted by atomic mass is 16.5. The Morgan fingerprint density at radius 2 is 1.84 bits per heavy atom. The number of fused-ring (bicyclic) bond motifs is 2. The first-order valence-electron chi connectivity index (χ1n) is 15.6. The molecule has 5 heterocycles. The maximum Gasteiger partial charge on any atom is 0.260 e. The van der Waals surface area contributed by atoms with E-state index in [1.54, 1.807) is 0 Å². The lowest BCUT2D eigenvalue weighted by molar-refractivity contribution is 0.0808. The second-order valence-corrected chi connectivity index (χ2v) is 12.4. The number of hydrogen-bond donors (Lipinski definition) is 1. The fourth-order valence-electron chi connectivity index (χ4n) is 6.91. The average molecular weight is 593 g/mol. The van der Waals surface area contributed by atoms with Gasteiger partial charge in [0.2, 0.25) is 5.95 Å². The van der Waals surface area contributed by atoms with Gasteiger partial charge in [0.1, 0.15) is 17.5 Å². The lowest BCUT2D eigenvalue weighted by Gasteiger charge is -2.35. The molecule has 0 radical (unpaired) electrons. The molecule has 9 heteroatoms. The highest BCUT2D eigenvalue weighted by molar-refractivity contribution is 5.81. The Bertz CT molecular complexity index is 1730. The van der Waals surface area contributed by atoms with Crippen LogP contribution in [0.2, 0.25) is 0 Å². The van der Waals surface area contributed by atoms with Crippen molar-refractivity contribution in [2.45, 2.75) is 37.8 Å². The quantitative estimate of drug-likeness (QED) is 0.310. The van der Waals surface area contributed by atoms with Crippen molar-refractivity contribution in [1.29, 1.82) is 0 Å². The van der Waals surface area contributed by atoms with E-state index in [-0.39, 0.29) is 23.6 Å². The van der Waals surface area contributed by atoms with Crippen molar-refractivity contribution in [1.82, 2.24) is 19.4 Å². The van der Waals surface area contributed by atoms with Gasteiger partial charge in [-0.1, -0.05) is 24.8 Å². The summed E-state index contributed by atoms with van der Waals surface area (Å²) in [5, 5.41) is 4.17. The van der Waals surface area contributed by atoms with Gasteiger partial charge in [-0.25, -0.2) is 4.98 Å². The molecule has 0 bridgehead atoms. The van der Waals surface area contributed by atoms with Gasteiger partial charge in [-0.05, 0) is 86.2 Å². The van der Waals surface area contributed by atoms with Crippen LogP contribution in [0.1, 0.15) is 36.4 Å². The zero-order valence-corrected chi connectivity index (χ0v) is 25.5. The van der Waals surface area contributed by atoms with E-state index in [1.807, 2.05) is 41.1 Å². The van der Waals surface area contributed by atoms with E-state index in [0.717, 1.165) is 61.2 Å². The van der Waals surface area contributed by atoms with E-state index < -0.39 is 0 Å². The van der Waals surface area contributed by atoms with Gasteiger partial charge in [-0.2, -0.15) is 4.98 Å². The molecule has 2 atom stereocenters. The number of nitrogens with one attached hydrogen (secondary N) is 1. The van der Waals surface area contributed by atoms with Crippen LogP contribution < -0.4 is 20.5 Å². The first kappa shape index (κ1) is 28.6. The summed E-state index contributed by atoms with van der Waals surface area (Å²) in [6.45, 7) is 8.51. The molecule has 7 rings (SSSR count). The molecule has 1 N–H and O–H groups in total. The minimum Gasteiger partial charge on any atom is -0.489 e. The second kappa shape index (κ2) is 12.1. The fourth-order valence-corrected chi connectivity index (χ4v) is 6.91. The van der Waals surface area contributed by atoms with Gasteiger partial charge in [-0.15, -0.1) is 0 Å². The number of pyridine rings is 1. The van der Waals surface area contributed by atoms with Crippen molar-refractivity contribution in [2.24, 2.45) is 5.92 Å². The van der Waals surface area contributed by atoms with Gasteiger partial charge < -0.3 is 24.6 Å². The number of benzene rings is 2. The Labute approximate surface area is 258 Å². The average Bonchev–Trinajstić information content (AvgIpc) is 3.46. The van der Waals surface area contributed by atoms with E-state index in [0.29, 0.717) is 36.9 Å². The number of para-hydroxylation sites is 1. The van der Waals surface area contributed by atoms with Crippen LogP contribution in [0.4, 0.5) is 17.3 Å². The molecule has 2 aromatic carbocycles. The topological polar surface area (TPSA) is 84.8 Å². The minimum absolute atomic E-state index is 0.0458. The summed E-state index contributed by atoms with van der Waals surface area (Å²) in [4.78, 5) is 28.5. The summed E-state index contributed by atoms with van der Waals surface area (Å²) in [5.74, 6) is 1.51. The molecule has 0 aliphatic carbocycles. The molecule has 2 unspecified atom stereocenters. The summed E-state index contributed by atoms with van der Waals surface area (Å²) in [6, 6.07) is 18.1.